The highest BCUT2D eigenvalue weighted by molar-refractivity contribution is 5.74. The Morgan fingerprint density at radius 3 is 1.83 bits per heavy atom. The molecule has 0 radical (unpaired) electrons. The van der Waals surface area contributed by atoms with Crippen molar-refractivity contribution >= 4 is 5.97 Å². The number of rotatable bonds is 10. The van der Waals surface area contributed by atoms with E-state index in [9.17, 15) is 4.79 Å². The van der Waals surface area contributed by atoms with E-state index in [4.69, 9.17) is 9.57 Å². The summed E-state index contributed by atoms with van der Waals surface area (Å²) in [5.74, 6) is 0.0245. The fourth-order valence-corrected chi connectivity index (χ4v) is 5.13. The number of hydrogen-bond donors (Lipinski definition) is 0. The minimum absolute atomic E-state index is 0.0340. The highest BCUT2D eigenvalue weighted by atomic mass is 16.7. The number of carbonyl (C=O) groups is 1. The Hall–Kier alpha value is -2.99. The highest BCUT2D eigenvalue weighted by Gasteiger charge is 2.45. The maximum absolute atomic E-state index is 12.5. The van der Waals surface area contributed by atoms with Crippen LogP contribution in [0.1, 0.15) is 37.0 Å². The molecule has 1 fully saturated rings. The summed E-state index contributed by atoms with van der Waals surface area (Å²) in [7, 11) is 1.43. The van der Waals surface area contributed by atoms with E-state index in [-0.39, 0.29) is 18.1 Å². The molecule has 1 saturated heterocycles. The number of hydrogen-bond acceptors (Lipinski definition) is 5. The van der Waals surface area contributed by atoms with Crippen molar-refractivity contribution < 1.29 is 14.4 Å². The summed E-state index contributed by atoms with van der Waals surface area (Å²) in [6.07, 6.45) is 0.00729. The molecule has 0 spiro atoms. The van der Waals surface area contributed by atoms with Crippen molar-refractivity contribution in [2.45, 2.75) is 58.1 Å². The molecule has 5 nitrogen and oxygen atoms in total. The number of hydroxylamine groups is 2. The molecule has 0 aromatic heterocycles. The van der Waals surface area contributed by atoms with Gasteiger partial charge in [-0.2, -0.15) is 5.06 Å². The molecule has 184 valence electrons. The van der Waals surface area contributed by atoms with Gasteiger partial charge >= 0.3 is 5.97 Å². The van der Waals surface area contributed by atoms with Crippen molar-refractivity contribution in [3.63, 3.8) is 0 Å². The molecule has 1 aliphatic heterocycles. The van der Waals surface area contributed by atoms with E-state index in [2.05, 4.69) is 91.5 Å². The molecule has 4 rings (SSSR count). The molecule has 3 aromatic rings. The molecule has 0 unspecified atom stereocenters. The minimum Gasteiger partial charge on any atom is -0.467 e. The lowest BCUT2D eigenvalue weighted by atomic mass is 9.90. The van der Waals surface area contributed by atoms with Gasteiger partial charge in [-0.15, -0.1) is 0 Å². The van der Waals surface area contributed by atoms with Gasteiger partial charge in [-0.25, -0.2) is 4.79 Å². The highest BCUT2D eigenvalue weighted by Crippen LogP contribution is 2.33. The summed E-state index contributed by atoms with van der Waals surface area (Å²) in [5, 5.41) is 2.02. The molecule has 3 aromatic carbocycles. The van der Waals surface area contributed by atoms with E-state index in [1.165, 1.54) is 18.2 Å². The van der Waals surface area contributed by atoms with Gasteiger partial charge in [0.15, 0.2) is 6.10 Å². The summed E-state index contributed by atoms with van der Waals surface area (Å²) >= 11 is 0. The number of benzene rings is 3. The molecule has 0 amide bonds. The zero-order valence-corrected chi connectivity index (χ0v) is 20.9. The molecule has 5 heteroatoms. The van der Waals surface area contributed by atoms with E-state index in [1.807, 2.05) is 23.3 Å². The molecule has 1 aliphatic rings. The topological polar surface area (TPSA) is 42.0 Å². The average molecular weight is 473 g/mol. The van der Waals surface area contributed by atoms with Crippen LogP contribution in [-0.2, 0) is 34.0 Å². The summed E-state index contributed by atoms with van der Waals surface area (Å²) in [6, 6.07) is 31.7. The van der Waals surface area contributed by atoms with Crippen LogP contribution < -0.4 is 0 Å². The van der Waals surface area contributed by atoms with Crippen molar-refractivity contribution in [3.05, 3.63) is 108 Å². The third kappa shape index (κ3) is 6.57. The fraction of sp³-hybridized carbons (Fsp3) is 0.367. The van der Waals surface area contributed by atoms with Gasteiger partial charge in [0.05, 0.1) is 13.2 Å². The average Bonchev–Trinajstić information content (AvgIpc) is 3.28. The molecular weight excluding hydrogens is 436 g/mol. The Morgan fingerprint density at radius 2 is 1.37 bits per heavy atom. The van der Waals surface area contributed by atoms with Gasteiger partial charge in [-0.3, -0.25) is 9.74 Å². The number of esters is 1. The van der Waals surface area contributed by atoms with E-state index < -0.39 is 6.10 Å². The van der Waals surface area contributed by atoms with Crippen molar-refractivity contribution in [3.8, 4) is 0 Å². The molecule has 35 heavy (non-hydrogen) atoms. The van der Waals surface area contributed by atoms with Crippen LogP contribution in [0.5, 0.6) is 0 Å². The largest absolute Gasteiger partial charge is 0.467 e. The third-order valence-corrected chi connectivity index (χ3v) is 6.69. The Labute approximate surface area is 209 Å². The maximum Gasteiger partial charge on any atom is 0.337 e. The van der Waals surface area contributed by atoms with Crippen LogP contribution in [0.25, 0.3) is 0 Å². The first-order valence-electron chi connectivity index (χ1n) is 12.4. The predicted octanol–water partition coefficient (Wildman–Crippen LogP) is 5.46. The number of methoxy groups -OCH3 is 1. The van der Waals surface area contributed by atoms with Gasteiger partial charge in [-0.05, 0) is 22.6 Å². The zero-order chi connectivity index (χ0) is 24.6. The smallest absolute Gasteiger partial charge is 0.337 e. The first-order chi connectivity index (χ1) is 17.0. The zero-order valence-electron chi connectivity index (χ0n) is 20.9. The fourth-order valence-electron chi connectivity index (χ4n) is 5.13. The summed E-state index contributed by atoms with van der Waals surface area (Å²) in [6.45, 7) is 6.78. The van der Waals surface area contributed by atoms with Crippen molar-refractivity contribution in [2.24, 2.45) is 5.92 Å². The second-order valence-corrected chi connectivity index (χ2v) is 9.59. The molecule has 0 N–H and O–H groups in total. The summed E-state index contributed by atoms with van der Waals surface area (Å²) in [4.78, 5) is 21.3. The van der Waals surface area contributed by atoms with Crippen molar-refractivity contribution in [1.29, 1.82) is 0 Å². The van der Waals surface area contributed by atoms with Gasteiger partial charge in [0.1, 0.15) is 0 Å². The van der Waals surface area contributed by atoms with Crippen molar-refractivity contribution in [2.75, 3.05) is 7.11 Å². The second-order valence-electron chi connectivity index (χ2n) is 9.59. The molecule has 0 saturated carbocycles. The van der Waals surface area contributed by atoms with E-state index >= 15 is 0 Å². The van der Waals surface area contributed by atoms with Gasteiger partial charge < -0.3 is 4.74 Å². The SMILES string of the molecule is COC(=O)[C@H]1C[C@H]([C@H](C(C)C)N(Cc2ccccc2)Cc2ccccc2)N(Cc2ccccc2)O1. The number of nitrogens with zero attached hydrogens (tertiary/aromatic N) is 2. The van der Waals surface area contributed by atoms with E-state index in [0.29, 0.717) is 18.9 Å². The Morgan fingerprint density at radius 1 is 0.886 bits per heavy atom. The molecule has 0 bridgehead atoms. The quantitative estimate of drug-likeness (QED) is 0.367. The first-order valence-corrected chi connectivity index (χ1v) is 12.4. The van der Waals surface area contributed by atoms with Crippen LogP contribution in [0.15, 0.2) is 91.0 Å². The number of ether oxygens (including phenoxy) is 1. The lowest BCUT2D eigenvalue weighted by Gasteiger charge is -2.41. The van der Waals surface area contributed by atoms with Gasteiger partial charge in [0.25, 0.3) is 0 Å². The van der Waals surface area contributed by atoms with Crippen LogP contribution in [-0.4, -0.2) is 41.2 Å². The van der Waals surface area contributed by atoms with Gasteiger partial charge in [-0.1, -0.05) is 105 Å². The second kappa shape index (κ2) is 12.1. The Balaban J connectivity index is 1.67. The predicted molar refractivity (Wildman–Crippen MR) is 138 cm³/mol. The lowest BCUT2D eigenvalue weighted by Crippen LogP contribution is -2.51. The van der Waals surface area contributed by atoms with Crippen LogP contribution in [0.2, 0.25) is 0 Å². The molecule has 0 aliphatic carbocycles. The normalized spacial score (nSPS) is 19.2. The number of carbonyl (C=O) groups excluding carboxylic acids is 1. The minimum atomic E-state index is -0.592. The van der Waals surface area contributed by atoms with E-state index in [1.54, 1.807) is 0 Å². The standard InChI is InChI=1S/C30H36N2O3/c1-23(2)29(31(20-24-13-7-4-8-14-24)21-25-15-9-5-10-16-25)27-19-28(30(33)34-3)35-32(27)22-26-17-11-6-12-18-26/h4-18,23,27-29H,19-22H2,1-3H3/t27-,28-,29+/m1/s1. The van der Waals surface area contributed by atoms with E-state index in [0.717, 1.165) is 18.7 Å². The summed E-state index contributed by atoms with van der Waals surface area (Å²) < 4.78 is 5.07. The van der Waals surface area contributed by atoms with Crippen LogP contribution in [0, 0.1) is 5.92 Å². The maximum atomic E-state index is 12.5. The Kier molecular flexibility index (Phi) is 8.69. The molecule has 3 atom stereocenters. The van der Waals surface area contributed by atoms with Gasteiger partial charge in [0.2, 0.25) is 0 Å². The summed E-state index contributed by atoms with van der Waals surface area (Å²) in [5.41, 5.74) is 3.70. The molecular formula is C30H36N2O3. The Bertz CT molecular complexity index is 1000. The monoisotopic (exact) mass is 472 g/mol. The van der Waals surface area contributed by atoms with Crippen molar-refractivity contribution in [1.82, 2.24) is 9.96 Å². The van der Waals surface area contributed by atoms with Crippen LogP contribution in [0.4, 0.5) is 0 Å². The molecule has 1 heterocycles. The van der Waals surface area contributed by atoms with Crippen LogP contribution in [0.3, 0.4) is 0 Å². The lowest BCUT2D eigenvalue weighted by molar-refractivity contribution is -0.197. The first kappa shape index (κ1) is 25.1. The van der Waals surface area contributed by atoms with Crippen LogP contribution >= 0.6 is 0 Å². The third-order valence-electron chi connectivity index (χ3n) is 6.69. The van der Waals surface area contributed by atoms with Gasteiger partial charge in [0, 0.05) is 32.1 Å².